The molecule has 1 aliphatic carbocycles. The average molecular weight is 474 g/mol. The number of carbonyl (C=O) groups is 3. The Labute approximate surface area is 198 Å². The lowest BCUT2D eigenvalue weighted by Crippen LogP contribution is -2.48. The molecule has 3 heterocycles. The number of carbonyl (C=O) groups excluding carboxylic acids is 3. The first-order chi connectivity index (χ1) is 16.1. The van der Waals surface area contributed by atoms with Crippen molar-refractivity contribution in [2.75, 3.05) is 39.8 Å². The number of methoxy groups -OCH3 is 1. The maximum Gasteiger partial charge on any atom is 0.410 e. The second kappa shape index (κ2) is 7.93. The number of amides is 2. The third kappa shape index (κ3) is 3.47. The van der Waals surface area contributed by atoms with Gasteiger partial charge < -0.3 is 19.7 Å². The minimum absolute atomic E-state index is 0.0923. The summed E-state index contributed by atoms with van der Waals surface area (Å²) in [7, 11) is 1.34. The maximum atomic E-state index is 15.5. The fourth-order valence-electron chi connectivity index (χ4n) is 6.00. The molecule has 0 bridgehead atoms. The number of halogens is 1. The SMILES string of the molecule is COC(=O)N1CCNCC1c1ccc(C2(C(=O)N3CCC4(C3)OC(=O)CC4(C)C)CC2)c(F)c1. The van der Waals surface area contributed by atoms with E-state index in [0.29, 0.717) is 69.5 Å². The standard InChI is InChI=1S/C25H32FN3O5/c1-23(2)13-20(30)34-25(23)8-10-28(15-25)21(31)24(6-7-24)17-5-4-16(12-18(17)26)19-14-27-9-11-29(19)22(32)33-3/h4-5,12,19,27H,6-11,13-15H2,1-3H3. The zero-order valence-electron chi connectivity index (χ0n) is 20.0. The molecule has 2 amide bonds. The van der Waals surface area contributed by atoms with Crippen LogP contribution in [0.1, 0.15) is 56.7 Å². The van der Waals surface area contributed by atoms with Crippen molar-refractivity contribution in [3.8, 4) is 0 Å². The topological polar surface area (TPSA) is 88.2 Å². The molecule has 1 spiro atoms. The summed E-state index contributed by atoms with van der Waals surface area (Å²) >= 11 is 0. The molecule has 8 nitrogen and oxygen atoms in total. The van der Waals surface area contributed by atoms with Crippen molar-refractivity contribution in [1.82, 2.24) is 15.1 Å². The van der Waals surface area contributed by atoms with Crippen LogP contribution in [-0.2, 0) is 24.5 Å². The van der Waals surface area contributed by atoms with Crippen LogP contribution in [0.2, 0.25) is 0 Å². The molecule has 4 aliphatic rings. The highest BCUT2D eigenvalue weighted by Gasteiger charge is 2.62. The number of rotatable bonds is 3. The second-order valence-corrected chi connectivity index (χ2v) is 10.7. The van der Waals surface area contributed by atoms with E-state index in [4.69, 9.17) is 9.47 Å². The van der Waals surface area contributed by atoms with Crippen LogP contribution >= 0.6 is 0 Å². The van der Waals surface area contributed by atoms with E-state index in [1.54, 1.807) is 15.9 Å². The summed E-state index contributed by atoms with van der Waals surface area (Å²) < 4.78 is 26.1. The lowest BCUT2D eigenvalue weighted by molar-refractivity contribution is -0.151. The zero-order chi connectivity index (χ0) is 24.3. The molecule has 184 valence electrons. The van der Waals surface area contributed by atoms with Gasteiger partial charge in [0.05, 0.1) is 31.5 Å². The molecule has 9 heteroatoms. The Bertz CT molecular complexity index is 1040. The van der Waals surface area contributed by atoms with E-state index >= 15 is 4.39 Å². The minimum atomic E-state index is -0.867. The van der Waals surface area contributed by atoms with Gasteiger partial charge in [-0.3, -0.25) is 14.5 Å². The summed E-state index contributed by atoms with van der Waals surface area (Å²) in [5.41, 5.74) is -0.806. The Hall–Kier alpha value is -2.68. The van der Waals surface area contributed by atoms with Gasteiger partial charge in [-0.1, -0.05) is 26.0 Å². The van der Waals surface area contributed by atoms with Gasteiger partial charge in [0.15, 0.2) is 0 Å². The van der Waals surface area contributed by atoms with Crippen LogP contribution in [0.25, 0.3) is 0 Å². The zero-order valence-corrected chi connectivity index (χ0v) is 20.0. The molecular weight excluding hydrogens is 441 g/mol. The van der Waals surface area contributed by atoms with E-state index in [9.17, 15) is 14.4 Å². The van der Waals surface area contributed by atoms with Gasteiger partial charge in [0, 0.05) is 43.6 Å². The number of nitrogens with one attached hydrogen (secondary N) is 1. The van der Waals surface area contributed by atoms with Gasteiger partial charge >= 0.3 is 12.1 Å². The number of benzene rings is 1. The highest BCUT2D eigenvalue weighted by molar-refractivity contribution is 5.92. The van der Waals surface area contributed by atoms with Crippen molar-refractivity contribution < 1.29 is 28.2 Å². The van der Waals surface area contributed by atoms with Crippen molar-refractivity contribution in [3.05, 3.63) is 35.1 Å². The van der Waals surface area contributed by atoms with Crippen molar-refractivity contribution in [3.63, 3.8) is 0 Å². The summed E-state index contributed by atoms with van der Waals surface area (Å²) in [5, 5.41) is 3.24. The maximum absolute atomic E-state index is 15.5. The summed E-state index contributed by atoms with van der Waals surface area (Å²) in [4.78, 5) is 41.2. The molecule has 5 rings (SSSR count). The molecule has 2 atom stereocenters. The van der Waals surface area contributed by atoms with Gasteiger partial charge in [-0.05, 0) is 24.5 Å². The van der Waals surface area contributed by atoms with Crippen LogP contribution in [0.5, 0.6) is 0 Å². The molecule has 4 fully saturated rings. The van der Waals surface area contributed by atoms with Gasteiger partial charge in [-0.2, -0.15) is 0 Å². The van der Waals surface area contributed by atoms with Crippen LogP contribution in [0.3, 0.4) is 0 Å². The van der Waals surface area contributed by atoms with E-state index in [1.807, 2.05) is 19.9 Å². The highest BCUT2D eigenvalue weighted by atomic mass is 19.1. The largest absolute Gasteiger partial charge is 0.456 e. The third-order valence-corrected chi connectivity index (χ3v) is 8.35. The number of ether oxygens (including phenoxy) is 2. The quantitative estimate of drug-likeness (QED) is 0.679. The number of hydrogen-bond donors (Lipinski definition) is 1. The molecular formula is C25H32FN3O5. The molecule has 0 radical (unpaired) electrons. The van der Waals surface area contributed by atoms with Crippen LogP contribution in [0.15, 0.2) is 18.2 Å². The van der Waals surface area contributed by atoms with Crippen molar-refractivity contribution in [1.29, 1.82) is 0 Å². The average Bonchev–Trinajstić information content (AvgIpc) is 3.44. The van der Waals surface area contributed by atoms with Crippen LogP contribution in [0.4, 0.5) is 9.18 Å². The predicted molar refractivity (Wildman–Crippen MR) is 120 cm³/mol. The smallest absolute Gasteiger partial charge is 0.410 e. The number of hydrogen-bond acceptors (Lipinski definition) is 6. The normalized spacial score (nSPS) is 29.3. The van der Waals surface area contributed by atoms with E-state index in [-0.39, 0.29) is 23.3 Å². The molecule has 1 aromatic rings. The van der Waals surface area contributed by atoms with Gasteiger partial charge in [-0.25, -0.2) is 9.18 Å². The Morgan fingerprint density at radius 3 is 2.59 bits per heavy atom. The Kier molecular flexibility index (Phi) is 5.39. The molecule has 3 aliphatic heterocycles. The summed E-state index contributed by atoms with van der Waals surface area (Å²) in [6.45, 7) is 6.49. The van der Waals surface area contributed by atoms with Gasteiger partial charge in [-0.15, -0.1) is 0 Å². The number of esters is 1. The first-order valence-corrected chi connectivity index (χ1v) is 12.0. The molecule has 1 saturated carbocycles. The van der Waals surface area contributed by atoms with Gasteiger partial charge in [0.2, 0.25) is 5.91 Å². The van der Waals surface area contributed by atoms with Crippen molar-refractivity contribution in [2.24, 2.45) is 5.41 Å². The monoisotopic (exact) mass is 473 g/mol. The predicted octanol–water partition coefficient (Wildman–Crippen LogP) is 2.51. The number of nitrogens with zero attached hydrogens (tertiary/aromatic N) is 2. The molecule has 1 aromatic carbocycles. The lowest BCUT2D eigenvalue weighted by atomic mass is 9.74. The first kappa shape index (κ1) is 23.1. The van der Waals surface area contributed by atoms with Crippen molar-refractivity contribution in [2.45, 2.75) is 56.6 Å². The lowest BCUT2D eigenvalue weighted by Gasteiger charge is -2.36. The fraction of sp³-hybridized carbons (Fsp3) is 0.640. The Morgan fingerprint density at radius 2 is 1.97 bits per heavy atom. The molecule has 3 saturated heterocycles. The highest BCUT2D eigenvalue weighted by Crippen LogP contribution is 2.54. The van der Waals surface area contributed by atoms with E-state index in [0.717, 1.165) is 0 Å². The minimum Gasteiger partial charge on any atom is -0.456 e. The Morgan fingerprint density at radius 1 is 1.21 bits per heavy atom. The third-order valence-electron chi connectivity index (χ3n) is 8.35. The fourth-order valence-corrected chi connectivity index (χ4v) is 6.00. The van der Waals surface area contributed by atoms with E-state index in [1.165, 1.54) is 13.2 Å². The molecule has 34 heavy (non-hydrogen) atoms. The second-order valence-electron chi connectivity index (χ2n) is 10.7. The summed E-state index contributed by atoms with van der Waals surface area (Å²) in [6.07, 6.45) is 1.69. The number of piperazine rings is 1. The van der Waals surface area contributed by atoms with E-state index in [2.05, 4.69) is 5.32 Å². The number of likely N-dealkylation sites (tertiary alicyclic amines) is 1. The Balaban J connectivity index is 1.37. The molecule has 1 N–H and O–H groups in total. The molecule has 2 unspecified atom stereocenters. The van der Waals surface area contributed by atoms with Crippen LogP contribution < -0.4 is 5.32 Å². The molecule has 0 aromatic heterocycles. The van der Waals surface area contributed by atoms with E-state index < -0.39 is 22.9 Å². The van der Waals surface area contributed by atoms with Gasteiger partial charge in [0.25, 0.3) is 0 Å². The van der Waals surface area contributed by atoms with Crippen molar-refractivity contribution >= 4 is 18.0 Å². The summed E-state index contributed by atoms with van der Waals surface area (Å²) in [6, 6.07) is 4.62. The first-order valence-electron chi connectivity index (χ1n) is 12.0. The van der Waals surface area contributed by atoms with Crippen LogP contribution in [0, 0.1) is 11.2 Å². The van der Waals surface area contributed by atoms with Crippen LogP contribution in [-0.4, -0.2) is 73.2 Å². The van der Waals surface area contributed by atoms with Gasteiger partial charge in [0.1, 0.15) is 11.4 Å². The summed E-state index contributed by atoms with van der Waals surface area (Å²) in [5.74, 6) is -0.745.